The average molecular weight is 319 g/mol. The molecule has 0 amide bonds. The molecule has 5 heteroatoms. The first-order valence-electron chi connectivity index (χ1n) is 8.28. The molecule has 1 N–H and O–H groups in total. The monoisotopic (exact) mass is 319 g/mol. The number of aryl methyl sites for hydroxylation is 1. The topological polar surface area (TPSA) is 59.0 Å². The molecule has 1 aromatic carbocycles. The van der Waals surface area contributed by atoms with Crippen molar-refractivity contribution in [1.29, 1.82) is 0 Å². The number of fused-ring (bicyclic) bond motifs is 1. The summed E-state index contributed by atoms with van der Waals surface area (Å²) in [5.41, 5.74) is 2.73. The molecule has 3 atom stereocenters. The van der Waals surface area contributed by atoms with Gasteiger partial charge in [-0.25, -0.2) is 0 Å². The van der Waals surface area contributed by atoms with Crippen LogP contribution in [0.25, 0.3) is 0 Å². The van der Waals surface area contributed by atoms with Crippen molar-refractivity contribution < 1.29 is 19.4 Å². The van der Waals surface area contributed by atoms with Crippen LogP contribution in [0.1, 0.15) is 24.0 Å². The Bertz CT molecular complexity index is 574. The zero-order valence-corrected chi connectivity index (χ0v) is 13.8. The molecule has 0 bridgehead atoms. The molecular formula is C18H25NO4. The van der Waals surface area contributed by atoms with Crippen molar-refractivity contribution in [3.63, 3.8) is 0 Å². The van der Waals surface area contributed by atoms with Gasteiger partial charge in [-0.2, -0.15) is 0 Å². The predicted molar refractivity (Wildman–Crippen MR) is 86.5 cm³/mol. The number of aliphatic hydroxyl groups is 1. The molecule has 1 fully saturated rings. The molecule has 1 aliphatic carbocycles. The quantitative estimate of drug-likeness (QED) is 0.854. The van der Waals surface area contributed by atoms with E-state index in [9.17, 15) is 9.90 Å². The first kappa shape index (κ1) is 16.3. The van der Waals surface area contributed by atoms with E-state index in [1.165, 1.54) is 18.2 Å². The number of esters is 1. The Hall–Kier alpha value is -1.59. The molecule has 0 aromatic heterocycles. The number of hydrogen-bond acceptors (Lipinski definition) is 5. The maximum atomic E-state index is 11.9. The molecular weight excluding hydrogens is 294 g/mol. The number of aliphatic hydroxyl groups excluding tert-OH is 1. The zero-order valence-electron chi connectivity index (χ0n) is 13.8. The Kier molecular flexibility index (Phi) is 4.87. The van der Waals surface area contributed by atoms with E-state index >= 15 is 0 Å². The van der Waals surface area contributed by atoms with Crippen molar-refractivity contribution in [1.82, 2.24) is 4.90 Å². The first-order chi connectivity index (χ1) is 11.1. The van der Waals surface area contributed by atoms with Crippen molar-refractivity contribution in [2.45, 2.75) is 37.8 Å². The number of benzene rings is 1. The van der Waals surface area contributed by atoms with E-state index in [1.54, 1.807) is 7.11 Å². The Morgan fingerprint density at radius 1 is 1.26 bits per heavy atom. The van der Waals surface area contributed by atoms with Gasteiger partial charge in [-0.15, -0.1) is 0 Å². The van der Waals surface area contributed by atoms with Gasteiger partial charge in [0.2, 0.25) is 0 Å². The van der Waals surface area contributed by atoms with Gasteiger partial charge in [-0.3, -0.25) is 9.69 Å². The van der Waals surface area contributed by atoms with E-state index in [1.807, 2.05) is 6.07 Å². The van der Waals surface area contributed by atoms with E-state index in [0.29, 0.717) is 19.0 Å². The van der Waals surface area contributed by atoms with Crippen LogP contribution in [0.3, 0.4) is 0 Å². The van der Waals surface area contributed by atoms with Crippen LogP contribution in [0.4, 0.5) is 0 Å². The lowest BCUT2D eigenvalue weighted by molar-refractivity contribution is -0.153. The van der Waals surface area contributed by atoms with Gasteiger partial charge in [0.15, 0.2) is 0 Å². The highest BCUT2D eigenvalue weighted by atomic mass is 16.5. The van der Waals surface area contributed by atoms with Crippen molar-refractivity contribution in [2.75, 3.05) is 27.3 Å². The van der Waals surface area contributed by atoms with Gasteiger partial charge in [0, 0.05) is 19.1 Å². The maximum absolute atomic E-state index is 11.9. The lowest BCUT2D eigenvalue weighted by Crippen LogP contribution is -2.51. The summed E-state index contributed by atoms with van der Waals surface area (Å²) in [5.74, 6) is 0.159. The molecule has 5 nitrogen and oxygen atoms in total. The highest BCUT2D eigenvalue weighted by Crippen LogP contribution is 2.30. The molecule has 1 aromatic rings. The smallest absolute Gasteiger partial charge is 0.312 e. The van der Waals surface area contributed by atoms with Crippen LogP contribution in [0, 0.1) is 5.92 Å². The lowest BCUT2D eigenvalue weighted by atomic mass is 9.85. The minimum Gasteiger partial charge on any atom is -0.497 e. The SMILES string of the molecule is COC(=O)[C@@H]1CN(C2CCc3ccc(OC)cc3C2)CC[C@H]1O. The van der Waals surface area contributed by atoms with E-state index in [2.05, 4.69) is 17.0 Å². The van der Waals surface area contributed by atoms with Crippen molar-refractivity contribution in [2.24, 2.45) is 5.92 Å². The first-order valence-corrected chi connectivity index (χ1v) is 8.28. The highest BCUT2D eigenvalue weighted by molar-refractivity contribution is 5.73. The van der Waals surface area contributed by atoms with Crippen LogP contribution in [0.15, 0.2) is 18.2 Å². The van der Waals surface area contributed by atoms with E-state index in [-0.39, 0.29) is 5.97 Å². The van der Waals surface area contributed by atoms with Gasteiger partial charge in [0.05, 0.1) is 26.2 Å². The molecule has 1 heterocycles. The van der Waals surface area contributed by atoms with Gasteiger partial charge in [-0.05, 0) is 48.9 Å². The standard InChI is InChI=1S/C18H25NO4/c1-22-15-6-4-12-3-5-14(9-13(12)10-15)19-8-7-17(20)16(11-19)18(21)23-2/h4,6,10,14,16-17,20H,3,5,7-9,11H2,1-2H3/t14?,16-,17-/m1/s1. The lowest BCUT2D eigenvalue weighted by Gasteiger charge is -2.41. The number of ether oxygens (including phenoxy) is 2. The predicted octanol–water partition coefficient (Wildman–Crippen LogP) is 1.41. The Morgan fingerprint density at radius 3 is 2.83 bits per heavy atom. The van der Waals surface area contributed by atoms with Crippen molar-refractivity contribution >= 4 is 5.97 Å². The van der Waals surface area contributed by atoms with E-state index in [0.717, 1.165) is 31.6 Å². The Balaban J connectivity index is 1.71. The summed E-state index contributed by atoms with van der Waals surface area (Å²) in [6.07, 6.45) is 3.14. The Labute approximate surface area is 137 Å². The molecule has 0 saturated carbocycles. The number of piperidine rings is 1. The number of methoxy groups -OCH3 is 2. The summed E-state index contributed by atoms with van der Waals surface area (Å²) in [5, 5.41) is 10.1. The minimum absolute atomic E-state index is 0.305. The molecule has 1 saturated heterocycles. The van der Waals surface area contributed by atoms with Crippen LogP contribution in [0.5, 0.6) is 5.75 Å². The summed E-state index contributed by atoms with van der Waals surface area (Å²) in [4.78, 5) is 14.2. The third-order valence-electron chi connectivity index (χ3n) is 5.24. The molecule has 2 aliphatic rings. The third-order valence-corrected chi connectivity index (χ3v) is 5.24. The summed E-state index contributed by atoms with van der Waals surface area (Å²) in [6.45, 7) is 1.41. The van der Waals surface area contributed by atoms with Gasteiger partial charge < -0.3 is 14.6 Å². The number of carbonyl (C=O) groups excluding carboxylic acids is 1. The normalized spacial score (nSPS) is 28.0. The highest BCUT2D eigenvalue weighted by Gasteiger charge is 2.37. The number of likely N-dealkylation sites (tertiary alicyclic amines) is 1. The van der Waals surface area contributed by atoms with Gasteiger partial charge in [-0.1, -0.05) is 6.07 Å². The molecule has 3 rings (SSSR count). The average Bonchev–Trinajstić information content (AvgIpc) is 2.60. The minimum atomic E-state index is -0.588. The maximum Gasteiger partial charge on any atom is 0.312 e. The number of nitrogens with zero attached hydrogens (tertiary/aromatic N) is 1. The number of rotatable bonds is 3. The fraction of sp³-hybridized carbons (Fsp3) is 0.611. The second-order valence-electron chi connectivity index (χ2n) is 6.51. The van der Waals surface area contributed by atoms with Crippen LogP contribution < -0.4 is 4.74 Å². The number of hydrogen-bond donors (Lipinski definition) is 1. The van der Waals surface area contributed by atoms with Crippen molar-refractivity contribution in [3.05, 3.63) is 29.3 Å². The molecule has 1 aliphatic heterocycles. The Morgan fingerprint density at radius 2 is 2.09 bits per heavy atom. The van der Waals surface area contributed by atoms with Gasteiger partial charge in [0.25, 0.3) is 0 Å². The number of carbonyl (C=O) groups is 1. The third kappa shape index (κ3) is 3.35. The zero-order chi connectivity index (χ0) is 16.4. The molecule has 0 spiro atoms. The second kappa shape index (κ2) is 6.89. The summed E-state index contributed by atoms with van der Waals surface area (Å²) in [6, 6.07) is 6.71. The largest absolute Gasteiger partial charge is 0.497 e. The molecule has 1 unspecified atom stereocenters. The fourth-order valence-corrected chi connectivity index (χ4v) is 3.83. The molecule has 126 valence electrons. The second-order valence-corrected chi connectivity index (χ2v) is 6.51. The van der Waals surface area contributed by atoms with Crippen LogP contribution in [0.2, 0.25) is 0 Å². The summed E-state index contributed by atoms with van der Waals surface area (Å²) in [7, 11) is 3.08. The summed E-state index contributed by atoms with van der Waals surface area (Å²) < 4.78 is 10.2. The van der Waals surface area contributed by atoms with Crippen molar-refractivity contribution in [3.8, 4) is 5.75 Å². The van der Waals surface area contributed by atoms with Crippen LogP contribution in [-0.2, 0) is 22.4 Å². The molecule has 0 radical (unpaired) electrons. The van der Waals surface area contributed by atoms with E-state index < -0.39 is 12.0 Å². The van der Waals surface area contributed by atoms with E-state index in [4.69, 9.17) is 9.47 Å². The van der Waals surface area contributed by atoms with Gasteiger partial charge >= 0.3 is 5.97 Å². The molecule has 23 heavy (non-hydrogen) atoms. The fourth-order valence-electron chi connectivity index (χ4n) is 3.83. The van der Waals surface area contributed by atoms with Gasteiger partial charge in [0.1, 0.15) is 5.75 Å². The van der Waals surface area contributed by atoms with Crippen LogP contribution in [-0.4, -0.2) is 55.4 Å². The van der Waals surface area contributed by atoms with Crippen LogP contribution >= 0.6 is 0 Å². The summed E-state index contributed by atoms with van der Waals surface area (Å²) >= 11 is 0.